The lowest BCUT2D eigenvalue weighted by Gasteiger charge is -2.41. The van der Waals surface area contributed by atoms with Gasteiger partial charge in [0.05, 0.1) is 17.6 Å². The number of ether oxygens (including phenoxy) is 1. The Morgan fingerprint density at radius 1 is 1.21 bits per heavy atom. The number of carbonyl (C=O) groups excluding carboxylic acids is 3. The lowest BCUT2D eigenvalue weighted by molar-refractivity contribution is -0.151. The van der Waals surface area contributed by atoms with Crippen LogP contribution in [0.2, 0.25) is 0 Å². The van der Waals surface area contributed by atoms with E-state index in [2.05, 4.69) is 4.98 Å². The molecule has 0 N–H and O–H groups in total. The van der Waals surface area contributed by atoms with Crippen molar-refractivity contribution >= 4 is 28.8 Å². The normalized spacial score (nSPS) is 16.9. The average molecular weight is 401 g/mol. The predicted octanol–water partition coefficient (Wildman–Crippen LogP) is 0.330. The molecule has 2 heterocycles. The molecule has 9 heteroatoms. The second-order valence-electron chi connectivity index (χ2n) is 7.34. The molecule has 1 unspecified atom stereocenters. The van der Waals surface area contributed by atoms with E-state index in [0.717, 1.165) is 11.0 Å². The summed E-state index contributed by atoms with van der Waals surface area (Å²) in [7, 11) is 4.88. The number of amides is 3. The van der Waals surface area contributed by atoms with Crippen molar-refractivity contribution in [2.75, 3.05) is 40.8 Å². The first-order chi connectivity index (χ1) is 13.8. The zero-order valence-corrected chi connectivity index (χ0v) is 17.3. The second kappa shape index (κ2) is 8.60. The van der Waals surface area contributed by atoms with E-state index in [1.807, 2.05) is 28.8 Å². The molecule has 1 aromatic heterocycles. The number of hydrogen-bond acceptors (Lipinski definition) is 5. The SMILES string of the molecule is COCc1nc2ccccc2n1CC(=O)N1CCN(C(C)=O)CC1C(=O)N(C)C. The Balaban J connectivity index is 1.89. The van der Waals surface area contributed by atoms with Gasteiger partial charge in [-0.05, 0) is 12.1 Å². The fraction of sp³-hybridized carbons (Fsp3) is 0.500. The Hall–Kier alpha value is -2.94. The van der Waals surface area contributed by atoms with Crippen LogP contribution in [-0.2, 0) is 32.3 Å². The molecule has 1 aromatic carbocycles. The maximum Gasteiger partial charge on any atom is 0.246 e. The fourth-order valence-corrected chi connectivity index (χ4v) is 3.64. The zero-order valence-electron chi connectivity index (χ0n) is 17.3. The van der Waals surface area contributed by atoms with E-state index >= 15 is 0 Å². The molecule has 1 aliphatic rings. The summed E-state index contributed by atoms with van der Waals surface area (Å²) < 4.78 is 7.07. The molecule has 2 aromatic rings. The van der Waals surface area contributed by atoms with Gasteiger partial charge in [0.1, 0.15) is 25.0 Å². The molecule has 3 amide bonds. The Kier molecular flexibility index (Phi) is 6.17. The number of likely N-dealkylation sites (N-methyl/N-ethyl adjacent to an activating group) is 1. The van der Waals surface area contributed by atoms with E-state index in [4.69, 9.17) is 4.74 Å². The maximum absolute atomic E-state index is 13.2. The number of piperazine rings is 1. The van der Waals surface area contributed by atoms with Crippen LogP contribution in [0.3, 0.4) is 0 Å². The number of imidazole rings is 1. The van der Waals surface area contributed by atoms with Crippen LogP contribution in [0.1, 0.15) is 12.7 Å². The van der Waals surface area contributed by atoms with Crippen LogP contribution in [0.15, 0.2) is 24.3 Å². The van der Waals surface area contributed by atoms with E-state index < -0.39 is 6.04 Å². The van der Waals surface area contributed by atoms with E-state index in [1.165, 1.54) is 11.8 Å². The van der Waals surface area contributed by atoms with Crippen LogP contribution >= 0.6 is 0 Å². The number of hydrogen-bond donors (Lipinski definition) is 0. The van der Waals surface area contributed by atoms with Crippen molar-refractivity contribution in [1.29, 1.82) is 0 Å². The summed E-state index contributed by atoms with van der Waals surface area (Å²) in [4.78, 5) is 47.0. The van der Waals surface area contributed by atoms with Gasteiger partial charge in [-0.25, -0.2) is 4.98 Å². The summed E-state index contributed by atoms with van der Waals surface area (Å²) in [6.45, 7) is 2.73. The number of nitrogens with zero attached hydrogens (tertiary/aromatic N) is 5. The van der Waals surface area contributed by atoms with Crippen molar-refractivity contribution in [3.8, 4) is 0 Å². The lowest BCUT2D eigenvalue weighted by atomic mass is 10.1. The zero-order chi connectivity index (χ0) is 21.1. The number of carbonyl (C=O) groups is 3. The third-order valence-electron chi connectivity index (χ3n) is 5.17. The third-order valence-corrected chi connectivity index (χ3v) is 5.17. The number of aromatic nitrogens is 2. The van der Waals surface area contributed by atoms with Gasteiger partial charge < -0.3 is 24.0 Å². The highest BCUT2D eigenvalue weighted by Gasteiger charge is 2.37. The molecule has 0 radical (unpaired) electrons. The van der Waals surface area contributed by atoms with E-state index in [-0.39, 0.29) is 37.4 Å². The van der Waals surface area contributed by atoms with Gasteiger partial charge in [-0.3, -0.25) is 14.4 Å². The van der Waals surface area contributed by atoms with Crippen LogP contribution in [-0.4, -0.2) is 88.9 Å². The molecule has 9 nitrogen and oxygen atoms in total. The quantitative estimate of drug-likeness (QED) is 0.721. The van der Waals surface area contributed by atoms with E-state index in [9.17, 15) is 14.4 Å². The van der Waals surface area contributed by atoms with Crippen LogP contribution in [0, 0.1) is 0 Å². The second-order valence-corrected chi connectivity index (χ2v) is 7.34. The maximum atomic E-state index is 13.2. The molecule has 3 rings (SSSR count). The Morgan fingerprint density at radius 3 is 2.59 bits per heavy atom. The van der Waals surface area contributed by atoms with Gasteiger partial charge in [0.15, 0.2) is 0 Å². The van der Waals surface area contributed by atoms with Crippen molar-refractivity contribution in [3.05, 3.63) is 30.1 Å². The van der Waals surface area contributed by atoms with Crippen molar-refractivity contribution in [1.82, 2.24) is 24.3 Å². The first-order valence-corrected chi connectivity index (χ1v) is 9.52. The first kappa shape index (κ1) is 20.8. The van der Waals surface area contributed by atoms with Gasteiger partial charge in [-0.15, -0.1) is 0 Å². The largest absolute Gasteiger partial charge is 0.377 e. The molecule has 0 saturated carbocycles. The molecule has 1 fully saturated rings. The van der Waals surface area contributed by atoms with Gasteiger partial charge in [0.2, 0.25) is 17.7 Å². The van der Waals surface area contributed by atoms with Gasteiger partial charge in [-0.1, -0.05) is 12.1 Å². The van der Waals surface area contributed by atoms with E-state index in [0.29, 0.717) is 18.9 Å². The average Bonchev–Trinajstić information content (AvgIpc) is 3.04. The van der Waals surface area contributed by atoms with Crippen LogP contribution in [0.4, 0.5) is 0 Å². The molecule has 29 heavy (non-hydrogen) atoms. The number of benzene rings is 1. The van der Waals surface area contributed by atoms with Gasteiger partial charge in [-0.2, -0.15) is 0 Å². The summed E-state index contributed by atoms with van der Waals surface area (Å²) in [6.07, 6.45) is 0. The van der Waals surface area contributed by atoms with Crippen molar-refractivity contribution in [2.45, 2.75) is 26.1 Å². The molecule has 0 aliphatic carbocycles. The van der Waals surface area contributed by atoms with Crippen molar-refractivity contribution in [3.63, 3.8) is 0 Å². The van der Waals surface area contributed by atoms with E-state index in [1.54, 1.807) is 31.0 Å². The highest BCUT2D eigenvalue weighted by molar-refractivity contribution is 5.89. The van der Waals surface area contributed by atoms with Crippen molar-refractivity contribution < 1.29 is 19.1 Å². The van der Waals surface area contributed by atoms with Crippen LogP contribution in [0.5, 0.6) is 0 Å². The minimum absolute atomic E-state index is 0.0521. The minimum atomic E-state index is -0.698. The number of methoxy groups -OCH3 is 1. The molecular formula is C20H27N5O4. The summed E-state index contributed by atoms with van der Waals surface area (Å²) in [5.74, 6) is 0.169. The fourth-order valence-electron chi connectivity index (χ4n) is 3.64. The topological polar surface area (TPSA) is 88.0 Å². The van der Waals surface area contributed by atoms with Crippen LogP contribution < -0.4 is 0 Å². The summed E-state index contributed by atoms with van der Waals surface area (Å²) in [6, 6.07) is 6.89. The molecule has 1 aliphatic heterocycles. The summed E-state index contributed by atoms with van der Waals surface area (Å²) in [5, 5.41) is 0. The Labute approximate surface area is 169 Å². The molecule has 0 bridgehead atoms. The van der Waals surface area contributed by atoms with Gasteiger partial charge >= 0.3 is 0 Å². The molecule has 0 spiro atoms. The third kappa shape index (κ3) is 4.24. The van der Waals surface area contributed by atoms with Gasteiger partial charge in [0.25, 0.3) is 0 Å². The summed E-state index contributed by atoms with van der Waals surface area (Å²) in [5.41, 5.74) is 1.63. The monoisotopic (exact) mass is 401 g/mol. The Bertz CT molecular complexity index is 923. The molecule has 1 saturated heterocycles. The number of rotatable bonds is 5. The molecule has 1 atom stereocenters. The van der Waals surface area contributed by atoms with Gasteiger partial charge in [0, 0.05) is 41.2 Å². The highest BCUT2D eigenvalue weighted by Crippen LogP contribution is 2.19. The number of para-hydroxylation sites is 2. The lowest BCUT2D eigenvalue weighted by Crippen LogP contribution is -2.61. The standard InChI is InChI=1S/C20H27N5O4/c1-14(26)23-9-10-24(17(11-23)20(28)22(2)3)19(27)12-25-16-8-6-5-7-15(16)21-18(25)13-29-4/h5-8,17H,9-13H2,1-4H3. The number of fused-ring (bicyclic) bond motifs is 1. The molecule has 156 valence electrons. The minimum Gasteiger partial charge on any atom is -0.377 e. The smallest absolute Gasteiger partial charge is 0.246 e. The molecular weight excluding hydrogens is 374 g/mol. The highest BCUT2D eigenvalue weighted by atomic mass is 16.5. The Morgan fingerprint density at radius 2 is 1.93 bits per heavy atom. The van der Waals surface area contributed by atoms with Crippen molar-refractivity contribution in [2.24, 2.45) is 0 Å². The summed E-state index contributed by atoms with van der Waals surface area (Å²) >= 11 is 0. The van der Waals surface area contributed by atoms with Crippen LogP contribution in [0.25, 0.3) is 11.0 Å². The first-order valence-electron chi connectivity index (χ1n) is 9.52. The predicted molar refractivity (Wildman–Crippen MR) is 107 cm³/mol.